The van der Waals surface area contributed by atoms with Crippen molar-refractivity contribution in [2.75, 3.05) is 18.8 Å². The van der Waals surface area contributed by atoms with Crippen LogP contribution in [0.4, 0.5) is 4.39 Å². The van der Waals surface area contributed by atoms with Crippen molar-refractivity contribution in [3.63, 3.8) is 0 Å². The van der Waals surface area contributed by atoms with Gasteiger partial charge in [0.2, 0.25) is 15.9 Å². The predicted octanol–water partition coefficient (Wildman–Crippen LogP) is 1.02. The Morgan fingerprint density at radius 3 is 2.86 bits per heavy atom. The lowest BCUT2D eigenvalue weighted by molar-refractivity contribution is 0.0767. The fraction of sp³-hybridized carbons (Fsp3) is 0.556. The lowest BCUT2D eigenvalue weighted by Gasteiger charge is -2.25. The number of pyridine rings is 1. The highest BCUT2D eigenvalue weighted by atomic mass is 32.2. The summed E-state index contributed by atoms with van der Waals surface area (Å²) in [6.45, 7) is 4.02. The van der Waals surface area contributed by atoms with E-state index in [0.717, 1.165) is 6.20 Å². The highest BCUT2D eigenvalue weighted by Gasteiger charge is 2.58. The Morgan fingerprint density at radius 1 is 1.45 bits per heavy atom. The first-order valence-corrected chi connectivity index (χ1v) is 11.1. The Balaban J connectivity index is 1.61. The van der Waals surface area contributed by atoms with Crippen LogP contribution >= 0.6 is 0 Å². The molecular formula is C18H22FN5O4S. The van der Waals surface area contributed by atoms with Gasteiger partial charge in [-0.3, -0.25) is 4.79 Å². The molecule has 2 aromatic rings. The van der Waals surface area contributed by atoms with Crippen LogP contribution in [0.1, 0.15) is 42.0 Å². The van der Waals surface area contributed by atoms with Crippen LogP contribution in [-0.2, 0) is 15.4 Å². The minimum Gasteiger partial charge on any atom is -0.339 e. The second kappa shape index (κ2) is 7.13. The number of likely N-dealkylation sites (tertiary alicyclic amines) is 1. The molecule has 29 heavy (non-hydrogen) atoms. The topological polar surface area (TPSA) is 118 Å². The van der Waals surface area contributed by atoms with Crippen LogP contribution in [0.15, 0.2) is 22.9 Å². The summed E-state index contributed by atoms with van der Waals surface area (Å²) in [5.41, 5.74) is -0.468. The van der Waals surface area contributed by atoms with E-state index in [1.165, 1.54) is 12.1 Å². The lowest BCUT2D eigenvalue weighted by atomic mass is 9.80. The zero-order valence-corrected chi connectivity index (χ0v) is 16.9. The van der Waals surface area contributed by atoms with Gasteiger partial charge in [0.25, 0.3) is 5.91 Å². The largest absolute Gasteiger partial charge is 0.339 e. The number of aryl methyl sites for hydroxylation is 1. The van der Waals surface area contributed by atoms with Crippen LogP contribution in [0.3, 0.4) is 0 Å². The summed E-state index contributed by atoms with van der Waals surface area (Å²) in [4.78, 5) is 22.8. The summed E-state index contributed by atoms with van der Waals surface area (Å²) < 4.78 is 45.4. The summed E-state index contributed by atoms with van der Waals surface area (Å²) in [6, 6.07) is 2.29. The molecule has 0 aromatic carbocycles. The molecule has 1 aliphatic carbocycles. The number of nitrogens with zero attached hydrogens (tertiary/aromatic N) is 4. The van der Waals surface area contributed by atoms with E-state index in [1.807, 2.05) is 0 Å². The smallest absolute Gasteiger partial charge is 0.272 e. The van der Waals surface area contributed by atoms with E-state index in [-0.39, 0.29) is 29.3 Å². The SMILES string of the molecule is CCS(=O)(=O)N[C@@H]1CC2CN(C(=O)c3ccc(F)cn3)C[C@@]2(c2nc(C)no2)C1. The molecule has 4 rings (SSSR count). The Bertz CT molecular complexity index is 1030. The van der Waals surface area contributed by atoms with Crippen molar-refractivity contribution in [1.29, 1.82) is 0 Å². The average molecular weight is 423 g/mol. The van der Waals surface area contributed by atoms with Crippen LogP contribution in [0.25, 0.3) is 0 Å². The number of nitrogens with one attached hydrogen (secondary N) is 1. The molecule has 156 valence electrons. The molecule has 0 bridgehead atoms. The van der Waals surface area contributed by atoms with E-state index in [9.17, 15) is 17.6 Å². The van der Waals surface area contributed by atoms with Crippen LogP contribution in [0, 0.1) is 18.7 Å². The molecule has 1 amide bonds. The van der Waals surface area contributed by atoms with Gasteiger partial charge in [-0.1, -0.05) is 5.16 Å². The molecule has 1 unspecified atom stereocenters. The van der Waals surface area contributed by atoms with Crippen LogP contribution in [0.5, 0.6) is 0 Å². The maximum Gasteiger partial charge on any atom is 0.272 e. The first-order valence-electron chi connectivity index (χ1n) is 9.44. The van der Waals surface area contributed by atoms with Gasteiger partial charge in [0.15, 0.2) is 5.82 Å². The van der Waals surface area contributed by atoms with E-state index in [0.29, 0.717) is 37.6 Å². The maximum absolute atomic E-state index is 13.1. The number of hydrogen-bond donors (Lipinski definition) is 1. The number of rotatable bonds is 5. The molecule has 11 heteroatoms. The second-order valence-corrected chi connectivity index (χ2v) is 9.75. The van der Waals surface area contributed by atoms with Gasteiger partial charge in [-0.2, -0.15) is 4.98 Å². The molecule has 1 saturated heterocycles. The molecular weight excluding hydrogens is 401 g/mol. The van der Waals surface area contributed by atoms with Gasteiger partial charge in [-0.25, -0.2) is 22.5 Å². The first kappa shape index (κ1) is 19.9. The van der Waals surface area contributed by atoms with Gasteiger partial charge in [0.05, 0.1) is 17.4 Å². The zero-order chi connectivity index (χ0) is 20.8. The van der Waals surface area contributed by atoms with Crippen molar-refractivity contribution in [3.8, 4) is 0 Å². The number of hydrogen-bond acceptors (Lipinski definition) is 7. The number of sulfonamides is 1. The highest BCUT2D eigenvalue weighted by molar-refractivity contribution is 7.89. The molecule has 1 aliphatic heterocycles. The molecule has 1 N–H and O–H groups in total. The molecule has 0 radical (unpaired) electrons. The third-order valence-electron chi connectivity index (χ3n) is 5.79. The minimum absolute atomic E-state index is 0.00167. The van der Waals surface area contributed by atoms with E-state index in [1.54, 1.807) is 18.7 Å². The Kier molecular flexibility index (Phi) is 4.89. The summed E-state index contributed by atoms with van der Waals surface area (Å²) in [6.07, 6.45) is 2.03. The van der Waals surface area contributed by atoms with Gasteiger partial charge in [0, 0.05) is 19.1 Å². The number of carbonyl (C=O) groups excluding carboxylic acids is 1. The zero-order valence-electron chi connectivity index (χ0n) is 16.1. The Morgan fingerprint density at radius 2 is 2.24 bits per heavy atom. The van der Waals surface area contributed by atoms with E-state index in [2.05, 4.69) is 19.8 Å². The fourth-order valence-electron chi connectivity index (χ4n) is 4.45. The minimum atomic E-state index is -3.36. The van der Waals surface area contributed by atoms with Crippen molar-refractivity contribution >= 4 is 15.9 Å². The number of aromatic nitrogens is 3. The van der Waals surface area contributed by atoms with Crippen LogP contribution < -0.4 is 4.72 Å². The van der Waals surface area contributed by atoms with Crippen LogP contribution in [0.2, 0.25) is 0 Å². The first-order chi connectivity index (χ1) is 13.7. The summed E-state index contributed by atoms with van der Waals surface area (Å²) in [7, 11) is -3.36. The van der Waals surface area contributed by atoms with Gasteiger partial charge in [0.1, 0.15) is 11.5 Å². The number of amides is 1. The predicted molar refractivity (Wildman–Crippen MR) is 99.9 cm³/mol. The van der Waals surface area contributed by atoms with Crippen molar-refractivity contribution in [2.45, 2.75) is 38.1 Å². The number of halogens is 1. The van der Waals surface area contributed by atoms with E-state index >= 15 is 0 Å². The second-order valence-electron chi connectivity index (χ2n) is 7.71. The molecule has 2 fully saturated rings. The van der Waals surface area contributed by atoms with Crippen molar-refractivity contribution in [1.82, 2.24) is 24.7 Å². The molecule has 0 spiro atoms. The third-order valence-corrected chi connectivity index (χ3v) is 7.24. The molecule has 1 saturated carbocycles. The number of fused-ring (bicyclic) bond motifs is 1. The van der Waals surface area contributed by atoms with Crippen molar-refractivity contribution in [2.24, 2.45) is 5.92 Å². The normalized spacial score (nSPS) is 26.7. The van der Waals surface area contributed by atoms with E-state index in [4.69, 9.17) is 4.52 Å². The Labute approximate surface area is 167 Å². The maximum atomic E-state index is 13.1. The average Bonchev–Trinajstić information content (AvgIpc) is 3.34. The summed E-state index contributed by atoms with van der Waals surface area (Å²) in [5.74, 6) is 0.0405. The molecule has 2 aromatic heterocycles. The molecule has 2 aliphatic rings. The van der Waals surface area contributed by atoms with Gasteiger partial charge in [-0.15, -0.1) is 0 Å². The Hall–Kier alpha value is -2.40. The monoisotopic (exact) mass is 423 g/mol. The molecule has 9 nitrogen and oxygen atoms in total. The third kappa shape index (κ3) is 3.64. The van der Waals surface area contributed by atoms with Crippen LogP contribution in [-0.4, -0.2) is 59.2 Å². The van der Waals surface area contributed by atoms with Crippen molar-refractivity contribution < 1.29 is 22.1 Å². The standard InChI is InChI=1S/C18H22FN5O4S/c1-3-29(26,27)23-14-6-12-9-24(16(25)15-5-4-13(19)8-20-15)10-18(12,7-14)17-21-11(2)22-28-17/h4-5,8,12,14,23H,3,6-7,9-10H2,1-2H3/t12?,14-,18+/m1/s1. The van der Waals surface area contributed by atoms with Gasteiger partial charge < -0.3 is 9.42 Å². The van der Waals surface area contributed by atoms with Gasteiger partial charge >= 0.3 is 0 Å². The summed E-state index contributed by atoms with van der Waals surface area (Å²) in [5, 5.41) is 3.89. The highest BCUT2D eigenvalue weighted by Crippen LogP contribution is 2.50. The fourth-order valence-corrected chi connectivity index (χ4v) is 5.30. The quantitative estimate of drug-likeness (QED) is 0.763. The van der Waals surface area contributed by atoms with Crippen molar-refractivity contribution in [3.05, 3.63) is 41.6 Å². The molecule has 3 heterocycles. The summed E-state index contributed by atoms with van der Waals surface area (Å²) >= 11 is 0. The molecule has 3 atom stereocenters. The van der Waals surface area contributed by atoms with E-state index < -0.39 is 21.3 Å². The van der Waals surface area contributed by atoms with Gasteiger partial charge in [-0.05, 0) is 44.7 Å². The number of carbonyl (C=O) groups is 1. The lowest BCUT2D eigenvalue weighted by Crippen LogP contribution is -2.40.